The summed E-state index contributed by atoms with van der Waals surface area (Å²) in [5, 5.41) is 10.9. The molecule has 0 amide bonds. The van der Waals surface area contributed by atoms with Crippen LogP contribution in [0.3, 0.4) is 0 Å². The van der Waals surface area contributed by atoms with Crippen LogP contribution in [-0.2, 0) is 11.2 Å². The number of hydrogen-bond donors (Lipinski definition) is 0. The van der Waals surface area contributed by atoms with E-state index in [4.69, 9.17) is 4.74 Å². The maximum Gasteiger partial charge on any atom is 1.00 e. The molecule has 4 nitrogen and oxygen atoms in total. The molecule has 0 aliphatic carbocycles. The number of aliphatic carboxylic acids is 1. The number of aryl methyl sites for hydroxylation is 1. The first kappa shape index (κ1) is 21.7. The van der Waals surface area contributed by atoms with Gasteiger partial charge in [0.25, 0.3) is 0 Å². The van der Waals surface area contributed by atoms with Gasteiger partial charge in [-0.25, -0.2) is 0 Å². The number of carboxylic acid groups (broad SMARTS) is 1. The zero-order valence-corrected chi connectivity index (χ0v) is 14.9. The summed E-state index contributed by atoms with van der Waals surface area (Å²) in [5.41, 5.74) is -1.50. The molecule has 1 aliphatic rings. The van der Waals surface area contributed by atoms with Crippen molar-refractivity contribution in [3.63, 3.8) is 0 Å². The van der Waals surface area contributed by atoms with E-state index in [9.17, 15) is 36.2 Å². The number of fused-ring (bicyclic) bond motifs is 1. The van der Waals surface area contributed by atoms with Crippen LogP contribution in [0.25, 0.3) is 6.08 Å². The van der Waals surface area contributed by atoms with Crippen molar-refractivity contribution in [2.45, 2.75) is 32.0 Å². The third-order valence-corrected chi connectivity index (χ3v) is 3.14. The first-order chi connectivity index (χ1) is 10.9. The predicted molar refractivity (Wildman–Crippen MR) is 66.0 cm³/mol. The van der Waals surface area contributed by atoms with Gasteiger partial charge in [0.2, 0.25) is 6.10 Å². The van der Waals surface area contributed by atoms with Crippen molar-refractivity contribution >= 4 is 12.0 Å². The van der Waals surface area contributed by atoms with Crippen molar-refractivity contribution in [2.24, 2.45) is 0 Å². The Hall–Kier alpha value is -1.39. The molecule has 0 N–H and O–H groups in total. The quantitative estimate of drug-likeness (QED) is 0.531. The van der Waals surface area contributed by atoms with Crippen LogP contribution in [-0.4, -0.2) is 24.6 Å². The number of carbonyl (C=O) groups excluding carboxylic acids is 1. The second-order valence-corrected chi connectivity index (χ2v) is 4.83. The molecule has 2 rings (SSSR count). The number of halogens is 6. The minimum atomic E-state index is -5.03. The smallest absolute Gasteiger partial charge is 0.545 e. The molecule has 1 aromatic rings. The summed E-state index contributed by atoms with van der Waals surface area (Å²) in [7, 11) is 0. The zero-order chi connectivity index (χ0) is 18.3. The number of benzene rings is 1. The predicted octanol–water partition coefficient (Wildman–Crippen LogP) is -0.392. The van der Waals surface area contributed by atoms with E-state index < -0.39 is 35.9 Å². The molecule has 0 saturated heterocycles. The van der Waals surface area contributed by atoms with Crippen LogP contribution >= 0.6 is 0 Å². The Balaban J connectivity index is 0.00000312. The van der Waals surface area contributed by atoms with Gasteiger partial charge in [0.15, 0.2) is 0 Å². The van der Waals surface area contributed by atoms with Gasteiger partial charge >= 0.3 is 42.1 Å². The third kappa shape index (κ3) is 5.05. The van der Waals surface area contributed by atoms with Crippen LogP contribution in [0.2, 0.25) is 0 Å². The van der Waals surface area contributed by atoms with Gasteiger partial charge in [-0.2, -0.15) is 13.2 Å². The summed E-state index contributed by atoms with van der Waals surface area (Å²) in [6, 6.07) is 1.63. The topological polar surface area (TPSA) is 58.6 Å². The standard InChI is InChI=1S/C14H10F6O4.Na/c1-2-6-3-8(24-14(18,19)20)4-7-5-9(12(21)22)11(13(15,16)17)23-10(6)7;/h3-5,11H,2H2,1H3,(H,21,22);/q;+1/p-1/t11-;/m0./s1. The Morgan fingerprint density at radius 1 is 1.24 bits per heavy atom. The van der Waals surface area contributed by atoms with Gasteiger partial charge in [-0.05, 0) is 30.2 Å². The Bertz CT molecular complexity index is 696. The van der Waals surface area contributed by atoms with Crippen molar-refractivity contribution in [3.05, 3.63) is 28.8 Å². The number of carboxylic acids is 1. The summed E-state index contributed by atoms with van der Waals surface area (Å²) >= 11 is 0. The van der Waals surface area contributed by atoms with Crippen molar-refractivity contribution < 1.29 is 75.3 Å². The van der Waals surface area contributed by atoms with Gasteiger partial charge in [0.05, 0.1) is 5.97 Å². The van der Waals surface area contributed by atoms with Crippen molar-refractivity contribution in [1.82, 2.24) is 0 Å². The fourth-order valence-corrected chi connectivity index (χ4v) is 2.22. The molecule has 0 aromatic heterocycles. The van der Waals surface area contributed by atoms with E-state index in [1.807, 2.05) is 0 Å². The number of carbonyl (C=O) groups is 1. The summed E-state index contributed by atoms with van der Waals surface area (Å²) in [4.78, 5) is 10.9. The zero-order valence-electron chi connectivity index (χ0n) is 12.9. The monoisotopic (exact) mass is 378 g/mol. The van der Waals surface area contributed by atoms with E-state index in [1.165, 1.54) is 6.92 Å². The molecular formula is C14H9F6NaO4. The molecule has 1 atom stereocenters. The number of hydrogen-bond acceptors (Lipinski definition) is 4. The molecule has 0 unspecified atom stereocenters. The molecule has 1 aromatic carbocycles. The van der Waals surface area contributed by atoms with E-state index in [2.05, 4.69) is 4.74 Å². The molecule has 0 bridgehead atoms. The van der Waals surface area contributed by atoms with Crippen LogP contribution in [0.5, 0.6) is 11.5 Å². The Kier molecular flexibility index (Phi) is 6.47. The van der Waals surface area contributed by atoms with E-state index in [1.54, 1.807) is 0 Å². The van der Waals surface area contributed by atoms with E-state index in [-0.39, 0.29) is 52.9 Å². The van der Waals surface area contributed by atoms with Gasteiger partial charge in [-0.15, -0.1) is 13.2 Å². The molecule has 0 fully saturated rings. The summed E-state index contributed by atoms with van der Waals surface area (Å²) in [6.45, 7) is 1.48. The van der Waals surface area contributed by atoms with Gasteiger partial charge in [-0.3, -0.25) is 0 Å². The SMILES string of the molecule is CCc1cc(OC(F)(F)F)cc2c1O[C@H](C(F)(F)F)C(C(=O)[O-])=C2.[Na+]. The maximum atomic E-state index is 13.0. The summed E-state index contributed by atoms with van der Waals surface area (Å²) in [5.74, 6) is -3.18. The minimum Gasteiger partial charge on any atom is -0.545 e. The molecule has 1 heterocycles. The van der Waals surface area contributed by atoms with Crippen LogP contribution in [0.15, 0.2) is 17.7 Å². The first-order valence-corrected chi connectivity index (χ1v) is 6.51. The number of alkyl halides is 6. The molecule has 25 heavy (non-hydrogen) atoms. The molecule has 132 valence electrons. The van der Waals surface area contributed by atoms with Crippen molar-refractivity contribution in [2.75, 3.05) is 0 Å². The second-order valence-electron chi connectivity index (χ2n) is 4.83. The molecule has 11 heteroatoms. The van der Waals surface area contributed by atoms with E-state index in [0.29, 0.717) is 6.08 Å². The van der Waals surface area contributed by atoms with Crippen LogP contribution in [0.1, 0.15) is 18.1 Å². The number of rotatable bonds is 3. The van der Waals surface area contributed by atoms with Gasteiger partial charge in [0, 0.05) is 11.1 Å². The Morgan fingerprint density at radius 2 is 1.84 bits per heavy atom. The molecule has 0 spiro atoms. The molecule has 0 saturated carbocycles. The van der Waals surface area contributed by atoms with Crippen molar-refractivity contribution in [3.8, 4) is 11.5 Å². The average Bonchev–Trinajstić information content (AvgIpc) is 2.42. The number of ether oxygens (including phenoxy) is 2. The Morgan fingerprint density at radius 3 is 2.28 bits per heavy atom. The van der Waals surface area contributed by atoms with E-state index in [0.717, 1.165) is 12.1 Å². The molecule has 0 radical (unpaired) electrons. The summed E-state index contributed by atoms with van der Waals surface area (Å²) < 4.78 is 84.2. The van der Waals surface area contributed by atoms with Gasteiger partial charge in [-0.1, -0.05) is 6.92 Å². The van der Waals surface area contributed by atoms with Crippen LogP contribution in [0, 0.1) is 0 Å². The largest absolute Gasteiger partial charge is 1.00 e. The van der Waals surface area contributed by atoms with Crippen LogP contribution in [0.4, 0.5) is 26.3 Å². The normalized spacial score (nSPS) is 16.9. The fraction of sp³-hybridized carbons (Fsp3) is 0.357. The van der Waals surface area contributed by atoms with Gasteiger partial charge in [0.1, 0.15) is 11.5 Å². The first-order valence-electron chi connectivity index (χ1n) is 6.51. The summed E-state index contributed by atoms with van der Waals surface area (Å²) in [6.07, 6.45) is -12.2. The van der Waals surface area contributed by atoms with Gasteiger partial charge < -0.3 is 19.4 Å². The third-order valence-electron chi connectivity index (χ3n) is 3.14. The van der Waals surface area contributed by atoms with Crippen LogP contribution < -0.4 is 44.1 Å². The van der Waals surface area contributed by atoms with Crippen molar-refractivity contribution in [1.29, 1.82) is 0 Å². The fourth-order valence-electron chi connectivity index (χ4n) is 2.22. The average molecular weight is 378 g/mol. The maximum absolute atomic E-state index is 13.0. The molecule has 1 aliphatic heterocycles. The molecular weight excluding hydrogens is 369 g/mol. The Labute approximate surface area is 159 Å². The van der Waals surface area contributed by atoms with E-state index >= 15 is 0 Å². The second kappa shape index (κ2) is 7.46. The minimum absolute atomic E-state index is 0.